The number of carbonyl (C=O) groups excluding carboxylic acids is 1. The summed E-state index contributed by atoms with van der Waals surface area (Å²) in [6, 6.07) is 14.7. The van der Waals surface area contributed by atoms with Crippen molar-refractivity contribution in [1.82, 2.24) is 4.90 Å². The minimum Gasteiger partial charge on any atom is -0.494 e. The summed E-state index contributed by atoms with van der Waals surface area (Å²) >= 11 is 1.32. The number of fused-ring (bicyclic) bond motifs is 1. The molecule has 2 aromatic rings. The number of hydrogen-bond donors (Lipinski definition) is 1. The lowest BCUT2D eigenvalue weighted by atomic mass is 9.85. The molecule has 0 aromatic heterocycles. The van der Waals surface area contributed by atoms with E-state index in [4.69, 9.17) is 14.2 Å². The summed E-state index contributed by atoms with van der Waals surface area (Å²) in [5, 5.41) is 22.0. The molecule has 0 unspecified atom stereocenters. The van der Waals surface area contributed by atoms with Crippen molar-refractivity contribution in [2.45, 2.75) is 25.0 Å². The number of allylic oxidation sites excluding steroid dienone is 1. The molecule has 0 bridgehead atoms. The smallest absolute Gasteiger partial charge is 0.231 e. The fourth-order valence-electron chi connectivity index (χ4n) is 4.18. The third-order valence-electron chi connectivity index (χ3n) is 5.75. The van der Waals surface area contributed by atoms with E-state index in [0.717, 1.165) is 5.56 Å². The molecule has 1 N–H and O–H groups in total. The SMILES string of the molecule is CCOc1ccc([C@]2(O)CSC3=C(C#N)[C@H](c4ccc(OC)c(OC)c4)CC(=O)N32)cc1. The van der Waals surface area contributed by atoms with Gasteiger partial charge in [-0.25, -0.2) is 0 Å². The fourth-order valence-corrected chi connectivity index (χ4v) is 5.54. The maximum Gasteiger partial charge on any atom is 0.231 e. The zero-order valence-corrected chi connectivity index (χ0v) is 18.9. The van der Waals surface area contributed by atoms with Crippen LogP contribution in [0.1, 0.15) is 30.4 Å². The van der Waals surface area contributed by atoms with Gasteiger partial charge in [0.15, 0.2) is 17.2 Å². The Bertz CT molecular complexity index is 1110. The average molecular weight is 453 g/mol. The predicted molar refractivity (Wildman–Crippen MR) is 120 cm³/mol. The lowest BCUT2D eigenvalue weighted by molar-refractivity contribution is -0.149. The van der Waals surface area contributed by atoms with E-state index >= 15 is 0 Å². The standard InChI is InChI=1S/C24H24N2O5S/c1-4-31-17-8-6-16(7-9-17)24(28)14-32-23-19(13-25)18(12-22(27)26(23)24)15-5-10-20(29-2)21(11-15)30-3/h5-11,18,28H,4,12,14H2,1-3H3/t18-,24+/m0/s1. The van der Waals surface area contributed by atoms with Crippen LogP contribution in [0.5, 0.6) is 17.2 Å². The Morgan fingerprint density at radius 3 is 2.53 bits per heavy atom. The summed E-state index contributed by atoms with van der Waals surface area (Å²) in [5.74, 6) is 1.39. The molecule has 1 saturated heterocycles. The Morgan fingerprint density at radius 1 is 1.19 bits per heavy atom. The van der Waals surface area contributed by atoms with Gasteiger partial charge in [0.2, 0.25) is 5.91 Å². The number of nitriles is 1. The molecule has 7 nitrogen and oxygen atoms in total. The Labute approximate surface area is 191 Å². The van der Waals surface area contributed by atoms with Gasteiger partial charge in [0.1, 0.15) is 5.75 Å². The van der Waals surface area contributed by atoms with Crippen LogP contribution in [0.4, 0.5) is 0 Å². The molecule has 2 atom stereocenters. The molecule has 1 amide bonds. The maximum absolute atomic E-state index is 13.3. The quantitative estimate of drug-likeness (QED) is 0.714. The Hall–Kier alpha value is -3.15. The van der Waals surface area contributed by atoms with Crippen LogP contribution in [0.25, 0.3) is 0 Å². The molecular weight excluding hydrogens is 428 g/mol. The molecule has 8 heteroatoms. The molecule has 2 aliphatic heterocycles. The van der Waals surface area contributed by atoms with Crippen LogP contribution < -0.4 is 14.2 Å². The first kappa shape index (κ1) is 22.1. The van der Waals surface area contributed by atoms with Gasteiger partial charge in [-0.3, -0.25) is 9.69 Å². The van der Waals surface area contributed by atoms with Gasteiger partial charge in [0, 0.05) is 17.9 Å². The van der Waals surface area contributed by atoms with Crippen molar-refractivity contribution < 1.29 is 24.1 Å². The molecule has 4 rings (SSSR count). The summed E-state index contributed by atoms with van der Waals surface area (Å²) in [4.78, 5) is 14.7. The second-order valence-electron chi connectivity index (χ2n) is 7.49. The normalized spacial score (nSPS) is 22.4. The second-order valence-corrected chi connectivity index (χ2v) is 8.46. The lowest BCUT2D eigenvalue weighted by Crippen LogP contribution is -2.48. The van der Waals surface area contributed by atoms with Crippen LogP contribution in [-0.4, -0.2) is 42.5 Å². The summed E-state index contributed by atoms with van der Waals surface area (Å²) in [6.45, 7) is 2.44. The molecular formula is C24H24N2O5S. The number of methoxy groups -OCH3 is 2. The zero-order chi connectivity index (χ0) is 22.9. The zero-order valence-electron chi connectivity index (χ0n) is 18.1. The van der Waals surface area contributed by atoms with Crippen LogP contribution in [0.3, 0.4) is 0 Å². The Balaban J connectivity index is 1.73. The van der Waals surface area contributed by atoms with Crippen molar-refractivity contribution in [3.05, 3.63) is 64.2 Å². The van der Waals surface area contributed by atoms with Gasteiger partial charge in [-0.05, 0) is 36.8 Å². The van der Waals surface area contributed by atoms with Crippen molar-refractivity contribution in [3.63, 3.8) is 0 Å². The van der Waals surface area contributed by atoms with E-state index < -0.39 is 11.6 Å². The Morgan fingerprint density at radius 2 is 1.91 bits per heavy atom. The molecule has 1 fully saturated rings. The molecule has 2 heterocycles. The highest BCUT2D eigenvalue weighted by molar-refractivity contribution is 8.03. The lowest BCUT2D eigenvalue weighted by Gasteiger charge is -2.38. The van der Waals surface area contributed by atoms with Gasteiger partial charge in [0.25, 0.3) is 0 Å². The van der Waals surface area contributed by atoms with E-state index in [-0.39, 0.29) is 18.1 Å². The number of thioether (sulfide) groups is 1. The van der Waals surface area contributed by atoms with Gasteiger partial charge in [0.05, 0.1) is 43.3 Å². The monoisotopic (exact) mass is 452 g/mol. The summed E-state index contributed by atoms with van der Waals surface area (Å²) in [7, 11) is 3.10. The van der Waals surface area contributed by atoms with Crippen molar-refractivity contribution in [2.75, 3.05) is 26.6 Å². The molecule has 0 aliphatic carbocycles. The highest BCUT2D eigenvalue weighted by atomic mass is 32.2. The molecule has 32 heavy (non-hydrogen) atoms. The van der Waals surface area contributed by atoms with E-state index in [0.29, 0.717) is 40.0 Å². The largest absolute Gasteiger partial charge is 0.494 e. The average Bonchev–Trinajstić information content (AvgIpc) is 3.18. The van der Waals surface area contributed by atoms with Crippen LogP contribution in [0.2, 0.25) is 0 Å². The molecule has 166 valence electrons. The number of rotatable bonds is 6. The van der Waals surface area contributed by atoms with Crippen LogP contribution >= 0.6 is 11.8 Å². The number of nitrogens with zero attached hydrogens (tertiary/aromatic N) is 2. The number of amides is 1. The highest BCUT2D eigenvalue weighted by Gasteiger charge is 2.51. The minimum absolute atomic E-state index is 0.0712. The first-order valence-electron chi connectivity index (χ1n) is 10.2. The van der Waals surface area contributed by atoms with Crippen molar-refractivity contribution in [1.29, 1.82) is 5.26 Å². The van der Waals surface area contributed by atoms with E-state index in [9.17, 15) is 15.2 Å². The van der Waals surface area contributed by atoms with E-state index in [1.165, 1.54) is 16.7 Å². The fraction of sp³-hybridized carbons (Fsp3) is 0.333. The maximum atomic E-state index is 13.3. The third kappa shape index (κ3) is 3.57. The van der Waals surface area contributed by atoms with Gasteiger partial charge < -0.3 is 19.3 Å². The molecule has 2 aliphatic rings. The first-order valence-corrected chi connectivity index (χ1v) is 11.2. The third-order valence-corrected chi connectivity index (χ3v) is 6.97. The molecule has 0 spiro atoms. The van der Waals surface area contributed by atoms with Crippen LogP contribution in [-0.2, 0) is 10.5 Å². The number of carbonyl (C=O) groups is 1. The topological polar surface area (TPSA) is 92.0 Å². The first-order chi connectivity index (χ1) is 15.5. The van der Waals surface area contributed by atoms with E-state index in [1.807, 2.05) is 13.0 Å². The second kappa shape index (κ2) is 8.77. The molecule has 2 aromatic carbocycles. The van der Waals surface area contributed by atoms with E-state index in [2.05, 4.69) is 6.07 Å². The van der Waals surface area contributed by atoms with Crippen molar-refractivity contribution in [3.8, 4) is 23.3 Å². The van der Waals surface area contributed by atoms with Crippen molar-refractivity contribution in [2.24, 2.45) is 0 Å². The minimum atomic E-state index is -1.52. The number of ether oxygens (including phenoxy) is 3. The van der Waals surface area contributed by atoms with Crippen LogP contribution in [0, 0.1) is 11.3 Å². The summed E-state index contributed by atoms with van der Waals surface area (Å²) in [5.41, 5.74) is 0.311. The summed E-state index contributed by atoms with van der Waals surface area (Å²) < 4.78 is 16.2. The summed E-state index contributed by atoms with van der Waals surface area (Å²) in [6.07, 6.45) is 0.0712. The number of benzene rings is 2. The number of hydrogen-bond acceptors (Lipinski definition) is 7. The molecule has 0 saturated carbocycles. The van der Waals surface area contributed by atoms with E-state index in [1.54, 1.807) is 50.6 Å². The van der Waals surface area contributed by atoms with Gasteiger partial charge >= 0.3 is 0 Å². The van der Waals surface area contributed by atoms with Gasteiger partial charge in [-0.15, -0.1) is 11.8 Å². The van der Waals surface area contributed by atoms with Crippen molar-refractivity contribution >= 4 is 17.7 Å². The highest BCUT2D eigenvalue weighted by Crippen LogP contribution is 2.52. The number of aliphatic hydroxyl groups is 1. The Kier molecular flexibility index (Phi) is 6.04. The van der Waals surface area contributed by atoms with Gasteiger partial charge in [-0.1, -0.05) is 18.2 Å². The molecule has 0 radical (unpaired) electrons. The van der Waals surface area contributed by atoms with Gasteiger partial charge in [-0.2, -0.15) is 5.26 Å². The van der Waals surface area contributed by atoms with Crippen LogP contribution in [0.15, 0.2) is 53.1 Å². The predicted octanol–water partition coefficient (Wildman–Crippen LogP) is 3.75.